The quantitative estimate of drug-likeness (QED) is 0.677. The van der Waals surface area contributed by atoms with E-state index in [1.165, 1.54) is 0 Å². The Labute approximate surface area is 132 Å². The Morgan fingerprint density at radius 3 is 2.95 bits per heavy atom. The van der Waals surface area contributed by atoms with Gasteiger partial charge in [0.05, 0.1) is 19.4 Å². The lowest BCUT2D eigenvalue weighted by Crippen LogP contribution is -2.05. The van der Waals surface area contributed by atoms with Crippen molar-refractivity contribution >= 4 is 28.6 Å². The Bertz CT molecular complexity index is 754. The molecule has 3 heterocycles. The van der Waals surface area contributed by atoms with E-state index in [4.69, 9.17) is 20.8 Å². The first-order valence-electron chi connectivity index (χ1n) is 6.94. The van der Waals surface area contributed by atoms with Crippen LogP contribution >= 0.6 is 11.6 Å². The molecule has 0 aromatic carbocycles. The van der Waals surface area contributed by atoms with Gasteiger partial charge >= 0.3 is 0 Å². The van der Waals surface area contributed by atoms with E-state index < -0.39 is 0 Å². The molecule has 0 saturated carbocycles. The summed E-state index contributed by atoms with van der Waals surface area (Å²) in [4.78, 5) is 15.7. The van der Waals surface area contributed by atoms with Crippen molar-refractivity contribution < 1.29 is 9.15 Å². The summed E-state index contributed by atoms with van der Waals surface area (Å²) in [7, 11) is 0. The summed E-state index contributed by atoms with van der Waals surface area (Å²) < 4.78 is 10.8. The van der Waals surface area contributed by atoms with E-state index in [0.717, 1.165) is 5.76 Å². The number of ether oxygens (including phenoxy) is 1. The highest BCUT2D eigenvalue weighted by molar-refractivity contribution is 6.28. The van der Waals surface area contributed by atoms with E-state index in [-0.39, 0.29) is 5.28 Å². The van der Waals surface area contributed by atoms with Gasteiger partial charge in [-0.1, -0.05) is 13.8 Å². The molecule has 3 aromatic rings. The highest BCUT2D eigenvalue weighted by Gasteiger charge is 2.13. The summed E-state index contributed by atoms with van der Waals surface area (Å²) in [6.45, 7) is 5.17. The number of aromatic nitrogens is 4. The van der Waals surface area contributed by atoms with Crippen LogP contribution in [0.1, 0.15) is 19.6 Å². The highest BCUT2D eigenvalue weighted by Crippen LogP contribution is 2.23. The Morgan fingerprint density at radius 2 is 2.23 bits per heavy atom. The topological polar surface area (TPSA) is 88.9 Å². The van der Waals surface area contributed by atoms with Crippen molar-refractivity contribution in [2.75, 3.05) is 11.9 Å². The van der Waals surface area contributed by atoms with Gasteiger partial charge in [0.2, 0.25) is 5.28 Å². The first-order valence-corrected chi connectivity index (χ1v) is 7.32. The number of fused-ring (bicyclic) bond motifs is 1. The monoisotopic (exact) mass is 321 g/mol. The zero-order chi connectivity index (χ0) is 15.5. The predicted molar refractivity (Wildman–Crippen MR) is 83.1 cm³/mol. The van der Waals surface area contributed by atoms with Gasteiger partial charge in [0.15, 0.2) is 17.0 Å². The van der Waals surface area contributed by atoms with Crippen molar-refractivity contribution in [1.29, 1.82) is 0 Å². The van der Waals surface area contributed by atoms with Gasteiger partial charge in [-0.05, 0) is 29.7 Å². The Balaban J connectivity index is 1.84. The van der Waals surface area contributed by atoms with Gasteiger partial charge in [0, 0.05) is 0 Å². The van der Waals surface area contributed by atoms with Crippen LogP contribution in [0.25, 0.3) is 11.2 Å². The van der Waals surface area contributed by atoms with Gasteiger partial charge in [-0.3, -0.25) is 4.98 Å². The smallest absolute Gasteiger partial charge is 0.295 e. The van der Waals surface area contributed by atoms with Crippen LogP contribution in [0, 0.1) is 5.92 Å². The Kier molecular flexibility index (Phi) is 4.15. The maximum absolute atomic E-state index is 5.95. The summed E-state index contributed by atoms with van der Waals surface area (Å²) in [5.41, 5.74) is 1.11. The molecule has 0 spiro atoms. The molecule has 0 amide bonds. The van der Waals surface area contributed by atoms with Crippen LogP contribution in [-0.2, 0) is 6.54 Å². The summed E-state index contributed by atoms with van der Waals surface area (Å²) >= 11 is 5.95. The Hall–Kier alpha value is -2.28. The van der Waals surface area contributed by atoms with Gasteiger partial charge in [0.1, 0.15) is 5.76 Å². The highest BCUT2D eigenvalue weighted by atomic mass is 35.5. The standard InChI is InChI=1S/C14H16ClN5O2/c1-8(2)7-22-14-17-10-11(16-6-9-4-3-5-21-9)18-13(15)19-12(10)20-14/h3-5,8H,6-7H2,1-2H3,(H2,16,17,18,19,20). The van der Waals surface area contributed by atoms with E-state index >= 15 is 0 Å². The number of hydrogen-bond acceptors (Lipinski definition) is 6. The van der Waals surface area contributed by atoms with Crippen LogP contribution in [0.3, 0.4) is 0 Å². The van der Waals surface area contributed by atoms with Gasteiger partial charge in [-0.2, -0.15) is 15.0 Å². The molecule has 3 aromatic heterocycles. The average Bonchev–Trinajstić information content (AvgIpc) is 3.11. The molecule has 2 N–H and O–H groups in total. The molecule has 0 radical (unpaired) electrons. The molecule has 0 unspecified atom stereocenters. The second-order valence-electron chi connectivity index (χ2n) is 5.22. The minimum Gasteiger partial charge on any atom is -0.467 e. The van der Waals surface area contributed by atoms with E-state index in [2.05, 4.69) is 39.1 Å². The lowest BCUT2D eigenvalue weighted by atomic mass is 10.2. The first-order chi connectivity index (χ1) is 10.6. The molecule has 0 aliphatic rings. The molecule has 0 fully saturated rings. The summed E-state index contributed by atoms with van der Waals surface area (Å²) in [6.07, 6.45) is 1.62. The number of hydrogen-bond donors (Lipinski definition) is 2. The fourth-order valence-corrected chi connectivity index (χ4v) is 2.04. The number of anilines is 1. The molecular formula is C14H16ClN5O2. The summed E-state index contributed by atoms with van der Waals surface area (Å²) in [5, 5.41) is 3.27. The number of H-pyrrole nitrogens is 1. The summed E-state index contributed by atoms with van der Waals surface area (Å²) in [5.74, 6) is 1.72. The largest absolute Gasteiger partial charge is 0.467 e. The SMILES string of the molecule is CC(C)COc1nc2c(NCc3ccco3)nc(Cl)nc2[nH]1. The number of aromatic amines is 1. The molecule has 3 rings (SSSR count). The molecule has 7 nitrogen and oxygen atoms in total. The van der Waals surface area contributed by atoms with Crippen molar-refractivity contribution in [2.24, 2.45) is 5.92 Å². The zero-order valence-electron chi connectivity index (χ0n) is 12.3. The summed E-state index contributed by atoms with van der Waals surface area (Å²) in [6, 6.07) is 4.10. The van der Waals surface area contributed by atoms with Gasteiger partial charge < -0.3 is 14.5 Å². The normalized spacial score (nSPS) is 11.3. The van der Waals surface area contributed by atoms with Crippen molar-refractivity contribution in [3.8, 4) is 6.01 Å². The lowest BCUT2D eigenvalue weighted by molar-refractivity contribution is 0.254. The fourth-order valence-electron chi connectivity index (χ4n) is 1.87. The molecule has 116 valence electrons. The molecule has 0 atom stereocenters. The van der Waals surface area contributed by atoms with Gasteiger partial charge in [0.25, 0.3) is 6.01 Å². The minimum absolute atomic E-state index is 0.133. The van der Waals surface area contributed by atoms with E-state index in [0.29, 0.717) is 42.1 Å². The van der Waals surface area contributed by atoms with Crippen molar-refractivity contribution in [3.05, 3.63) is 29.4 Å². The van der Waals surface area contributed by atoms with E-state index in [1.54, 1.807) is 6.26 Å². The van der Waals surface area contributed by atoms with Crippen LogP contribution in [0.2, 0.25) is 5.28 Å². The van der Waals surface area contributed by atoms with Crippen molar-refractivity contribution in [1.82, 2.24) is 19.9 Å². The molecule has 0 aliphatic heterocycles. The Morgan fingerprint density at radius 1 is 1.36 bits per heavy atom. The average molecular weight is 322 g/mol. The van der Waals surface area contributed by atoms with E-state index in [1.807, 2.05) is 12.1 Å². The maximum atomic E-state index is 5.95. The maximum Gasteiger partial charge on any atom is 0.295 e. The number of nitrogens with zero attached hydrogens (tertiary/aromatic N) is 3. The zero-order valence-corrected chi connectivity index (χ0v) is 13.0. The lowest BCUT2D eigenvalue weighted by Gasteiger charge is -2.04. The fraction of sp³-hybridized carbons (Fsp3) is 0.357. The number of imidazole rings is 1. The molecule has 8 heteroatoms. The second-order valence-corrected chi connectivity index (χ2v) is 5.56. The molecule has 0 saturated heterocycles. The van der Waals surface area contributed by atoms with Crippen LogP contribution in [0.5, 0.6) is 6.01 Å². The van der Waals surface area contributed by atoms with Gasteiger partial charge in [-0.25, -0.2) is 0 Å². The van der Waals surface area contributed by atoms with Crippen LogP contribution in [0.4, 0.5) is 5.82 Å². The third-order valence-electron chi connectivity index (χ3n) is 2.86. The second kappa shape index (κ2) is 6.23. The number of furan rings is 1. The van der Waals surface area contributed by atoms with Crippen LogP contribution in [0.15, 0.2) is 22.8 Å². The predicted octanol–water partition coefficient (Wildman–Crippen LogP) is 3.25. The van der Waals surface area contributed by atoms with Crippen molar-refractivity contribution in [3.63, 3.8) is 0 Å². The molecule has 0 bridgehead atoms. The third kappa shape index (κ3) is 3.30. The molecule has 22 heavy (non-hydrogen) atoms. The number of halogens is 1. The molecule has 0 aliphatic carbocycles. The van der Waals surface area contributed by atoms with Crippen LogP contribution < -0.4 is 10.1 Å². The van der Waals surface area contributed by atoms with Crippen molar-refractivity contribution in [2.45, 2.75) is 20.4 Å². The van der Waals surface area contributed by atoms with E-state index in [9.17, 15) is 0 Å². The molecular weight excluding hydrogens is 306 g/mol. The number of rotatable bonds is 6. The van der Waals surface area contributed by atoms with Crippen LogP contribution in [-0.4, -0.2) is 26.5 Å². The minimum atomic E-state index is 0.133. The van der Waals surface area contributed by atoms with Gasteiger partial charge in [-0.15, -0.1) is 0 Å². The first kappa shape index (κ1) is 14.6. The number of nitrogens with one attached hydrogen (secondary N) is 2. The third-order valence-corrected chi connectivity index (χ3v) is 3.03.